The van der Waals surface area contributed by atoms with Crippen LogP contribution in [0.3, 0.4) is 0 Å². The lowest BCUT2D eigenvalue weighted by Crippen LogP contribution is -2.34. The molecule has 0 heterocycles. The smallest absolute Gasteiger partial charge is 0.392 e. The van der Waals surface area contributed by atoms with Gasteiger partial charge < -0.3 is 10.4 Å². The number of carboxylic acids is 1. The minimum absolute atomic E-state index is 0.123. The van der Waals surface area contributed by atoms with E-state index >= 15 is 0 Å². The van der Waals surface area contributed by atoms with Gasteiger partial charge in [0, 0.05) is 5.02 Å². The van der Waals surface area contributed by atoms with Gasteiger partial charge in [0.1, 0.15) is 0 Å². The van der Waals surface area contributed by atoms with Gasteiger partial charge in [-0.2, -0.15) is 13.2 Å². The third-order valence-electron chi connectivity index (χ3n) is 5.14. The molecule has 0 spiro atoms. The summed E-state index contributed by atoms with van der Waals surface area (Å²) in [5, 5.41) is 12.2. The molecule has 0 unspecified atom stereocenters. The van der Waals surface area contributed by atoms with Gasteiger partial charge in [-0.1, -0.05) is 55.2 Å². The lowest BCUT2D eigenvalue weighted by atomic mass is 9.85. The molecule has 4 nitrogen and oxygen atoms in total. The van der Waals surface area contributed by atoms with Gasteiger partial charge in [0.05, 0.1) is 28.5 Å². The second-order valence-corrected chi connectivity index (χ2v) is 8.15. The maximum absolute atomic E-state index is 13.5. The van der Waals surface area contributed by atoms with Gasteiger partial charge >= 0.3 is 12.1 Å². The monoisotopic (exact) mass is 475 g/mol. The van der Waals surface area contributed by atoms with Crippen LogP contribution in [0.2, 0.25) is 10.0 Å². The van der Waals surface area contributed by atoms with Crippen molar-refractivity contribution in [3.05, 3.63) is 63.6 Å². The molecule has 3 atom stereocenters. The number of alkyl halides is 3. The zero-order valence-electron chi connectivity index (χ0n) is 16.8. The first-order valence-electron chi connectivity index (χ1n) is 9.58. The second kappa shape index (κ2) is 10.4. The molecule has 0 radical (unpaired) electrons. The van der Waals surface area contributed by atoms with Crippen LogP contribution in [-0.4, -0.2) is 23.2 Å². The van der Waals surface area contributed by atoms with Crippen molar-refractivity contribution in [1.29, 1.82) is 0 Å². The van der Waals surface area contributed by atoms with Crippen molar-refractivity contribution < 1.29 is 27.9 Å². The van der Waals surface area contributed by atoms with Crippen LogP contribution in [0.1, 0.15) is 37.3 Å². The van der Waals surface area contributed by atoms with Gasteiger partial charge in [0.15, 0.2) is 0 Å². The lowest BCUT2D eigenvalue weighted by molar-refractivity contribution is -0.178. The largest absolute Gasteiger partial charge is 0.481 e. The highest BCUT2D eigenvalue weighted by Gasteiger charge is 2.45. The van der Waals surface area contributed by atoms with E-state index in [0.717, 1.165) is 6.92 Å². The van der Waals surface area contributed by atoms with Gasteiger partial charge in [-0.3, -0.25) is 9.59 Å². The average molecular weight is 476 g/mol. The molecular weight excluding hydrogens is 454 g/mol. The number of carbonyl (C=O) groups excluding carboxylic acids is 1. The number of carboxylic acid groups (broad SMARTS) is 1. The zero-order valence-corrected chi connectivity index (χ0v) is 18.4. The molecule has 9 heteroatoms. The fourth-order valence-electron chi connectivity index (χ4n) is 3.22. The molecule has 0 saturated carbocycles. The number of aliphatic carboxylic acids is 1. The van der Waals surface area contributed by atoms with Crippen molar-refractivity contribution in [2.75, 3.05) is 5.32 Å². The minimum Gasteiger partial charge on any atom is -0.481 e. The topological polar surface area (TPSA) is 66.4 Å². The van der Waals surface area contributed by atoms with Crippen LogP contribution in [0.4, 0.5) is 18.9 Å². The fourth-order valence-corrected chi connectivity index (χ4v) is 3.51. The van der Waals surface area contributed by atoms with E-state index in [0.29, 0.717) is 17.0 Å². The van der Waals surface area contributed by atoms with E-state index in [9.17, 15) is 27.9 Å². The van der Waals surface area contributed by atoms with Gasteiger partial charge in [0.25, 0.3) is 0 Å². The number of amides is 1. The molecule has 0 bridgehead atoms. The Morgan fingerprint density at radius 2 is 1.71 bits per heavy atom. The molecule has 2 rings (SSSR count). The summed E-state index contributed by atoms with van der Waals surface area (Å²) >= 11 is 12.0. The summed E-state index contributed by atoms with van der Waals surface area (Å²) < 4.78 is 40.4. The maximum atomic E-state index is 13.5. The van der Waals surface area contributed by atoms with Crippen LogP contribution >= 0.6 is 23.2 Å². The Bertz CT molecular complexity index is 933. The number of rotatable bonds is 8. The molecule has 2 N–H and O–H groups in total. The standard InChI is InChI=1S/C22H22Cl2F3NO3/c1-3-14(21(30)31)10-13-4-9-17(24)18(11-13)28-20(29)19(12(2)22(25,26)27)15-5-7-16(23)8-6-15/h4-9,11-12,14,19H,3,10H2,1-2H3,(H,28,29)(H,30,31)/t12-,14-,19+/m1/s1. The van der Waals surface area contributed by atoms with Gasteiger partial charge in [-0.25, -0.2) is 0 Å². The van der Waals surface area contributed by atoms with Crippen molar-refractivity contribution in [1.82, 2.24) is 0 Å². The molecule has 2 aromatic carbocycles. The number of anilines is 1. The summed E-state index contributed by atoms with van der Waals surface area (Å²) in [6, 6.07) is 10.2. The molecule has 0 aliphatic heterocycles. The highest BCUT2D eigenvalue weighted by Crippen LogP contribution is 2.39. The Morgan fingerprint density at radius 3 is 2.23 bits per heavy atom. The molecule has 2 aromatic rings. The minimum atomic E-state index is -4.61. The van der Waals surface area contributed by atoms with E-state index < -0.39 is 35.8 Å². The average Bonchev–Trinajstić information content (AvgIpc) is 2.69. The number of hydrogen-bond acceptors (Lipinski definition) is 2. The number of nitrogens with one attached hydrogen (secondary N) is 1. The Labute approximate surface area is 188 Å². The van der Waals surface area contributed by atoms with E-state index in [1.165, 1.54) is 36.4 Å². The maximum Gasteiger partial charge on any atom is 0.392 e. The summed E-state index contributed by atoms with van der Waals surface area (Å²) in [5.41, 5.74) is 0.884. The molecule has 0 fully saturated rings. The highest BCUT2D eigenvalue weighted by atomic mass is 35.5. The summed E-state index contributed by atoms with van der Waals surface area (Å²) in [6.07, 6.45) is -4.00. The van der Waals surface area contributed by atoms with Gasteiger partial charge in [0.2, 0.25) is 5.91 Å². The summed E-state index contributed by atoms with van der Waals surface area (Å²) in [5.74, 6) is -5.95. The predicted octanol–water partition coefficient (Wildman–Crippen LogP) is 6.57. The van der Waals surface area contributed by atoms with E-state index in [-0.39, 0.29) is 22.7 Å². The summed E-state index contributed by atoms with van der Waals surface area (Å²) in [4.78, 5) is 24.2. The predicted molar refractivity (Wildman–Crippen MR) is 115 cm³/mol. The second-order valence-electron chi connectivity index (χ2n) is 7.31. The Kier molecular flexibility index (Phi) is 8.37. The van der Waals surface area contributed by atoms with Crippen molar-refractivity contribution in [2.45, 2.75) is 38.8 Å². The van der Waals surface area contributed by atoms with E-state index in [2.05, 4.69) is 5.32 Å². The first-order valence-corrected chi connectivity index (χ1v) is 10.3. The third-order valence-corrected chi connectivity index (χ3v) is 5.72. The summed E-state index contributed by atoms with van der Waals surface area (Å²) in [6.45, 7) is 2.68. The quantitative estimate of drug-likeness (QED) is 0.453. The number of benzene rings is 2. The molecule has 0 saturated heterocycles. The Morgan fingerprint density at radius 1 is 1.10 bits per heavy atom. The molecule has 0 aliphatic carbocycles. The molecule has 0 aromatic heterocycles. The van der Waals surface area contributed by atoms with E-state index in [4.69, 9.17) is 23.2 Å². The van der Waals surface area contributed by atoms with Crippen molar-refractivity contribution >= 4 is 40.8 Å². The van der Waals surface area contributed by atoms with Crippen LogP contribution in [0.15, 0.2) is 42.5 Å². The highest BCUT2D eigenvalue weighted by molar-refractivity contribution is 6.33. The van der Waals surface area contributed by atoms with Gasteiger partial charge in [-0.15, -0.1) is 0 Å². The van der Waals surface area contributed by atoms with Gasteiger partial charge in [-0.05, 0) is 48.2 Å². The fraction of sp³-hybridized carbons (Fsp3) is 0.364. The number of carbonyl (C=O) groups is 2. The molecule has 31 heavy (non-hydrogen) atoms. The lowest BCUT2D eigenvalue weighted by Gasteiger charge is -2.26. The Balaban J connectivity index is 2.35. The first-order chi connectivity index (χ1) is 14.4. The number of halogens is 5. The third kappa shape index (κ3) is 6.61. The normalized spacial score (nSPS) is 14.5. The number of hydrogen-bond donors (Lipinski definition) is 2. The van der Waals surface area contributed by atoms with Crippen molar-refractivity contribution in [2.24, 2.45) is 11.8 Å². The van der Waals surface area contributed by atoms with Crippen LogP contribution in [0, 0.1) is 11.8 Å². The Hall–Kier alpha value is -2.25. The molecule has 168 valence electrons. The van der Waals surface area contributed by atoms with Crippen LogP contribution in [0.25, 0.3) is 0 Å². The SMILES string of the molecule is CC[C@H](Cc1ccc(Cl)c(NC(=O)[C@H](c2ccc(Cl)cc2)[C@@H](C)C(F)(F)F)c1)C(=O)O. The van der Waals surface area contributed by atoms with Crippen molar-refractivity contribution in [3.63, 3.8) is 0 Å². The van der Waals surface area contributed by atoms with E-state index in [1.807, 2.05) is 0 Å². The first kappa shape index (κ1) is 25.0. The van der Waals surface area contributed by atoms with E-state index in [1.54, 1.807) is 13.0 Å². The van der Waals surface area contributed by atoms with Crippen LogP contribution in [0.5, 0.6) is 0 Å². The molecular formula is C22H22Cl2F3NO3. The van der Waals surface area contributed by atoms with Crippen LogP contribution < -0.4 is 5.32 Å². The summed E-state index contributed by atoms with van der Waals surface area (Å²) in [7, 11) is 0. The molecule has 1 amide bonds. The van der Waals surface area contributed by atoms with Crippen molar-refractivity contribution in [3.8, 4) is 0 Å². The molecule has 0 aliphatic rings. The zero-order chi connectivity index (χ0) is 23.3. The van der Waals surface area contributed by atoms with Crippen LogP contribution in [-0.2, 0) is 16.0 Å².